The van der Waals surface area contributed by atoms with Crippen molar-refractivity contribution in [2.24, 2.45) is 5.92 Å². The lowest BCUT2D eigenvalue weighted by atomic mass is 9.97. The van der Waals surface area contributed by atoms with E-state index in [0.717, 1.165) is 36.2 Å². The van der Waals surface area contributed by atoms with Crippen LogP contribution in [-0.2, 0) is 26.2 Å². The van der Waals surface area contributed by atoms with Gasteiger partial charge in [0.15, 0.2) is 0 Å². The molecule has 0 atom stereocenters. The zero-order chi connectivity index (χ0) is 24.0. The van der Waals surface area contributed by atoms with E-state index in [1.165, 1.54) is 9.71 Å². The van der Waals surface area contributed by atoms with Gasteiger partial charge in [0.05, 0.1) is 0 Å². The Bertz CT molecular complexity index is 1140. The highest BCUT2D eigenvalue weighted by Gasteiger charge is 2.30. The Morgan fingerprint density at radius 1 is 1.00 bits per heavy atom. The molecule has 2 amide bonds. The molecule has 7 nitrogen and oxygen atoms in total. The zero-order valence-corrected chi connectivity index (χ0v) is 20.0. The van der Waals surface area contributed by atoms with E-state index in [1.54, 1.807) is 6.08 Å². The maximum absolute atomic E-state index is 12.7. The first kappa shape index (κ1) is 24.2. The van der Waals surface area contributed by atoms with E-state index in [0.29, 0.717) is 38.9 Å². The number of hydrogen-bond donors (Lipinski definition) is 1. The minimum Gasteiger partial charge on any atom is -0.352 e. The molecule has 2 fully saturated rings. The first-order chi connectivity index (χ1) is 16.4. The van der Waals surface area contributed by atoms with Crippen molar-refractivity contribution in [2.75, 3.05) is 24.5 Å². The highest BCUT2D eigenvalue weighted by atomic mass is 32.2. The summed E-state index contributed by atoms with van der Waals surface area (Å²) in [5.41, 5.74) is 2.64. The van der Waals surface area contributed by atoms with Crippen molar-refractivity contribution in [3.8, 4) is 0 Å². The van der Waals surface area contributed by atoms with Crippen LogP contribution in [0.4, 0.5) is 5.69 Å². The van der Waals surface area contributed by atoms with Gasteiger partial charge in [0.2, 0.25) is 21.8 Å². The van der Waals surface area contributed by atoms with E-state index in [2.05, 4.69) is 5.32 Å². The number of carbonyl (C=O) groups is 2. The molecular weight excluding hydrogens is 450 g/mol. The minimum atomic E-state index is -3.52. The summed E-state index contributed by atoms with van der Waals surface area (Å²) in [5, 5.41) is 4.22. The Labute approximate surface area is 201 Å². The summed E-state index contributed by atoms with van der Waals surface area (Å²) in [6, 6.07) is 17.0. The van der Waals surface area contributed by atoms with E-state index in [4.69, 9.17) is 0 Å². The average Bonchev–Trinajstić information content (AvgIpc) is 2.87. The zero-order valence-electron chi connectivity index (χ0n) is 19.2. The highest BCUT2D eigenvalue weighted by molar-refractivity contribution is 7.92. The number of sulfonamides is 1. The van der Waals surface area contributed by atoms with Crippen molar-refractivity contribution in [1.29, 1.82) is 0 Å². The van der Waals surface area contributed by atoms with Gasteiger partial charge < -0.3 is 10.2 Å². The molecule has 0 aliphatic carbocycles. The van der Waals surface area contributed by atoms with Gasteiger partial charge >= 0.3 is 0 Å². The number of piperidine rings is 2. The molecular formula is C26H31N3O4S. The van der Waals surface area contributed by atoms with Gasteiger partial charge in [0, 0.05) is 49.6 Å². The number of nitrogens with zero attached hydrogens (tertiary/aromatic N) is 2. The number of nitrogens with one attached hydrogen (secondary N) is 1. The first-order valence-electron chi connectivity index (χ1n) is 11.8. The fourth-order valence-electron chi connectivity index (χ4n) is 4.43. The minimum absolute atomic E-state index is 0.0590. The maximum atomic E-state index is 12.7. The van der Waals surface area contributed by atoms with Gasteiger partial charge in [-0.15, -0.1) is 0 Å². The van der Waals surface area contributed by atoms with Crippen molar-refractivity contribution < 1.29 is 18.0 Å². The van der Waals surface area contributed by atoms with E-state index < -0.39 is 10.0 Å². The molecule has 0 bridgehead atoms. The number of benzene rings is 2. The molecule has 0 radical (unpaired) electrons. The molecule has 34 heavy (non-hydrogen) atoms. The topological polar surface area (TPSA) is 86.8 Å². The maximum Gasteiger partial charge on any atom is 0.236 e. The highest BCUT2D eigenvalue weighted by Crippen LogP contribution is 2.23. The van der Waals surface area contributed by atoms with Crippen LogP contribution in [0.5, 0.6) is 0 Å². The quantitative estimate of drug-likeness (QED) is 0.656. The van der Waals surface area contributed by atoms with Gasteiger partial charge in [-0.3, -0.25) is 9.59 Å². The predicted octanol–water partition coefficient (Wildman–Crippen LogP) is 3.53. The van der Waals surface area contributed by atoms with E-state index >= 15 is 0 Å². The van der Waals surface area contributed by atoms with E-state index in [9.17, 15) is 18.0 Å². The van der Waals surface area contributed by atoms with Gasteiger partial charge in [-0.25, -0.2) is 8.42 Å². The largest absolute Gasteiger partial charge is 0.352 e. The molecule has 2 aliphatic rings. The molecule has 0 spiro atoms. The van der Waals surface area contributed by atoms with Gasteiger partial charge in [0.25, 0.3) is 0 Å². The van der Waals surface area contributed by atoms with Crippen molar-refractivity contribution in [3.63, 3.8) is 0 Å². The predicted molar refractivity (Wildman–Crippen MR) is 133 cm³/mol. The standard InChI is InChI=1S/C26H31N3O4S/c30-25-11-4-5-15-29(25)24-10-6-9-22(19-24)20-27-26(31)23-12-16-28(17-13-23)34(32,33)18-14-21-7-2-1-3-8-21/h1-3,6-10,14,18-19,23H,4-5,11-13,15-17,20H2,(H,27,31). The fourth-order valence-corrected chi connectivity index (χ4v) is 5.65. The number of amides is 2. The molecule has 4 rings (SSSR count). The van der Waals surface area contributed by atoms with Crippen LogP contribution in [0, 0.1) is 5.92 Å². The Balaban J connectivity index is 1.27. The van der Waals surface area contributed by atoms with Gasteiger partial charge in [-0.1, -0.05) is 42.5 Å². The lowest BCUT2D eigenvalue weighted by Crippen LogP contribution is -2.42. The van der Waals surface area contributed by atoms with Gasteiger partial charge in [0.1, 0.15) is 0 Å². The Hall–Kier alpha value is -2.97. The molecule has 2 saturated heterocycles. The Morgan fingerprint density at radius 3 is 2.50 bits per heavy atom. The van der Waals surface area contributed by atoms with Crippen LogP contribution >= 0.6 is 0 Å². The summed E-state index contributed by atoms with van der Waals surface area (Å²) in [6.45, 7) is 1.77. The molecule has 180 valence electrons. The summed E-state index contributed by atoms with van der Waals surface area (Å²) in [7, 11) is -3.52. The van der Waals surface area contributed by atoms with Gasteiger partial charge in [-0.2, -0.15) is 4.31 Å². The number of rotatable bonds is 7. The third-order valence-electron chi connectivity index (χ3n) is 6.43. The molecule has 0 unspecified atom stereocenters. The fraction of sp³-hybridized carbons (Fsp3) is 0.385. The first-order valence-corrected chi connectivity index (χ1v) is 13.3. The van der Waals surface area contributed by atoms with Gasteiger partial charge in [-0.05, 0) is 55.0 Å². The van der Waals surface area contributed by atoms with Crippen LogP contribution in [0.1, 0.15) is 43.2 Å². The summed E-state index contributed by atoms with van der Waals surface area (Å²) >= 11 is 0. The summed E-state index contributed by atoms with van der Waals surface area (Å²) < 4.78 is 26.7. The van der Waals surface area contributed by atoms with E-state index in [-0.39, 0.29) is 17.7 Å². The number of hydrogen-bond acceptors (Lipinski definition) is 4. The van der Waals surface area contributed by atoms with Crippen LogP contribution in [0.25, 0.3) is 6.08 Å². The van der Waals surface area contributed by atoms with E-state index in [1.807, 2.05) is 59.5 Å². The Kier molecular flexibility index (Phi) is 7.80. The number of carbonyl (C=O) groups excluding carboxylic acids is 2. The second kappa shape index (κ2) is 11.0. The van der Waals surface area contributed by atoms with Crippen molar-refractivity contribution in [1.82, 2.24) is 9.62 Å². The molecule has 8 heteroatoms. The normalized spacial score (nSPS) is 18.4. The number of anilines is 1. The van der Waals surface area contributed by atoms with Crippen LogP contribution in [0.15, 0.2) is 60.0 Å². The lowest BCUT2D eigenvalue weighted by Gasteiger charge is -2.29. The van der Waals surface area contributed by atoms with Crippen LogP contribution in [0.3, 0.4) is 0 Å². The molecule has 2 aromatic rings. The average molecular weight is 482 g/mol. The molecule has 0 aromatic heterocycles. The third-order valence-corrected chi connectivity index (χ3v) is 7.99. The molecule has 0 saturated carbocycles. The summed E-state index contributed by atoms with van der Waals surface area (Å²) in [6.07, 6.45) is 5.11. The summed E-state index contributed by atoms with van der Waals surface area (Å²) in [4.78, 5) is 26.7. The third kappa shape index (κ3) is 6.12. The monoisotopic (exact) mass is 481 g/mol. The second-order valence-electron chi connectivity index (χ2n) is 8.82. The summed E-state index contributed by atoms with van der Waals surface area (Å²) in [5.74, 6) is -0.125. The van der Waals surface area contributed by atoms with Crippen molar-refractivity contribution in [3.05, 3.63) is 71.1 Å². The lowest BCUT2D eigenvalue weighted by molar-refractivity contribution is -0.126. The Morgan fingerprint density at radius 2 is 1.76 bits per heavy atom. The van der Waals surface area contributed by atoms with Crippen molar-refractivity contribution >= 4 is 33.6 Å². The molecule has 2 aliphatic heterocycles. The van der Waals surface area contributed by atoms with Crippen molar-refractivity contribution in [2.45, 2.75) is 38.6 Å². The smallest absolute Gasteiger partial charge is 0.236 e. The molecule has 2 heterocycles. The van der Waals surface area contributed by atoms with Crippen LogP contribution in [0.2, 0.25) is 0 Å². The molecule has 2 aromatic carbocycles. The SMILES string of the molecule is O=C(NCc1cccc(N2CCCCC2=O)c1)C1CCN(S(=O)(=O)C=Cc2ccccc2)CC1. The molecule has 1 N–H and O–H groups in total. The van der Waals surface area contributed by atoms with Crippen LogP contribution < -0.4 is 10.2 Å². The second-order valence-corrected chi connectivity index (χ2v) is 10.6. The van der Waals surface area contributed by atoms with Crippen LogP contribution in [-0.4, -0.2) is 44.2 Å².